The van der Waals surface area contributed by atoms with Crippen LogP contribution in [-0.4, -0.2) is 47.0 Å². The number of alkyl halides is 3. The first-order valence-corrected chi connectivity index (χ1v) is 9.20. The van der Waals surface area contributed by atoms with Crippen molar-refractivity contribution in [2.45, 2.75) is 6.18 Å². The fourth-order valence-electron chi connectivity index (χ4n) is 2.73. The van der Waals surface area contributed by atoms with Gasteiger partial charge in [-0.25, -0.2) is 9.07 Å². The van der Waals surface area contributed by atoms with Gasteiger partial charge in [-0.3, -0.25) is 9.59 Å². The number of methoxy groups -OCH3 is 1. The van der Waals surface area contributed by atoms with E-state index in [1.54, 1.807) is 12.1 Å². The molecular formula is C20H17F4N5O3. The number of aromatic nitrogens is 3. The molecule has 0 radical (unpaired) electrons. The van der Waals surface area contributed by atoms with Crippen LogP contribution in [0.2, 0.25) is 0 Å². The van der Waals surface area contributed by atoms with Gasteiger partial charge in [-0.2, -0.15) is 13.2 Å². The van der Waals surface area contributed by atoms with Crippen LogP contribution in [0.15, 0.2) is 48.5 Å². The van der Waals surface area contributed by atoms with E-state index in [-0.39, 0.29) is 18.8 Å². The molecule has 2 amide bonds. The molecule has 0 saturated carbocycles. The molecule has 168 valence electrons. The van der Waals surface area contributed by atoms with E-state index in [0.717, 1.165) is 24.3 Å². The Hall–Kier alpha value is -3.96. The maximum Gasteiger partial charge on any atom is 0.435 e. The lowest BCUT2D eigenvalue weighted by Crippen LogP contribution is -2.35. The van der Waals surface area contributed by atoms with Crippen molar-refractivity contribution < 1.29 is 31.9 Å². The van der Waals surface area contributed by atoms with Gasteiger partial charge in [-0.05, 0) is 48.5 Å². The third-order valence-electron chi connectivity index (χ3n) is 4.27. The molecule has 1 aromatic heterocycles. The Kier molecular flexibility index (Phi) is 6.71. The average Bonchev–Trinajstić information content (AvgIpc) is 3.23. The molecule has 0 spiro atoms. The normalized spacial score (nSPS) is 11.2. The van der Waals surface area contributed by atoms with Gasteiger partial charge in [0.25, 0.3) is 11.8 Å². The standard InChI is InChI=1S/C20H17F4N5O3/c1-32-15-8-2-12(3-9-15)18(30)25-10-11-26-19(31)16-17(20(22,23)24)29(28-27-16)14-6-4-13(21)5-7-14/h2-9H,10-11H2,1H3,(H,25,30)(H,26,31). The summed E-state index contributed by atoms with van der Waals surface area (Å²) in [7, 11) is 1.49. The third kappa shape index (κ3) is 5.20. The Labute approximate surface area is 179 Å². The molecule has 1 heterocycles. The number of carbonyl (C=O) groups is 2. The van der Waals surface area contributed by atoms with Crippen molar-refractivity contribution in [2.24, 2.45) is 0 Å². The molecule has 2 N–H and O–H groups in total. The zero-order valence-electron chi connectivity index (χ0n) is 16.6. The largest absolute Gasteiger partial charge is 0.497 e. The summed E-state index contributed by atoms with van der Waals surface area (Å²) in [6, 6.07) is 10.3. The molecule has 32 heavy (non-hydrogen) atoms. The number of amides is 2. The number of halogens is 4. The van der Waals surface area contributed by atoms with Crippen LogP contribution < -0.4 is 15.4 Å². The number of nitrogens with zero attached hydrogens (tertiary/aromatic N) is 3. The second kappa shape index (κ2) is 9.45. The smallest absolute Gasteiger partial charge is 0.435 e. The lowest BCUT2D eigenvalue weighted by Gasteiger charge is -2.11. The molecule has 12 heteroatoms. The zero-order valence-corrected chi connectivity index (χ0v) is 16.6. The predicted molar refractivity (Wildman–Crippen MR) is 104 cm³/mol. The van der Waals surface area contributed by atoms with E-state index in [1.807, 2.05) is 0 Å². The molecule has 0 aliphatic heterocycles. The average molecular weight is 451 g/mol. The SMILES string of the molecule is COc1ccc(C(=O)NCCNC(=O)c2nnn(-c3ccc(F)cc3)c2C(F)(F)F)cc1. The lowest BCUT2D eigenvalue weighted by atomic mass is 10.2. The summed E-state index contributed by atoms with van der Waals surface area (Å²) in [6.45, 7) is -0.189. The molecule has 3 rings (SSSR count). The van der Waals surface area contributed by atoms with E-state index in [4.69, 9.17) is 4.74 Å². The Morgan fingerprint density at radius 2 is 1.56 bits per heavy atom. The number of benzene rings is 2. The molecule has 0 bridgehead atoms. The first kappa shape index (κ1) is 22.7. The van der Waals surface area contributed by atoms with Gasteiger partial charge in [0.15, 0.2) is 11.4 Å². The highest BCUT2D eigenvalue weighted by atomic mass is 19.4. The number of hydrogen-bond acceptors (Lipinski definition) is 5. The van der Waals surface area contributed by atoms with Crippen LogP contribution in [0.25, 0.3) is 5.69 Å². The molecule has 0 fully saturated rings. The Morgan fingerprint density at radius 1 is 0.969 bits per heavy atom. The second-order valence-corrected chi connectivity index (χ2v) is 6.41. The van der Waals surface area contributed by atoms with E-state index in [9.17, 15) is 27.2 Å². The van der Waals surface area contributed by atoms with E-state index >= 15 is 0 Å². The molecule has 0 atom stereocenters. The number of rotatable bonds is 7. The van der Waals surface area contributed by atoms with Crippen LogP contribution in [0.4, 0.5) is 17.6 Å². The first-order valence-electron chi connectivity index (χ1n) is 9.20. The highest BCUT2D eigenvalue weighted by Gasteiger charge is 2.42. The number of ether oxygens (including phenoxy) is 1. The minimum absolute atomic E-state index is 0.0376. The van der Waals surface area contributed by atoms with Crippen molar-refractivity contribution >= 4 is 11.8 Å². The summed E-state index contributed by atoms with van der Waals surface area (Å²) in [5.74, 6) is -1.62. The van der Waals surface area contributed by atoms with Gasteiger partial charge in [0, 0.05) is 18.7 Å². The van der Waals surface area contributed by atoms with Crippen molar-refractivity contribution in [1.29, 1.82) is 0 Å². The molecule has 0 aliphatic carbocycles. The molecule has 0 unspecified atom stereocenters. The van der Waals surface area contributed by atoms with Crippen molar-refractivity contribution in [1.82, 2.24) is 25.6 Å². The van der Waals surface area contributed by atoms with Crippen molar-refractivity contribution in [3.8, 4) is 11.4 Å². The van der Waals surface area contributed by atoms with Gasteiger partial charge < -0.3 is 15.4 Å². The Balaban J connectivity index is 1.64. The van der Waals surface area contributed by atoms with Crippen LogP contribution in [0.5, 0.6) is 5.75 Å². The van der Waals surface area contributed by atoms with Gasteiger partial charge >= 0.3 is 6.18 Å². The predicted octanol–water partition coefficient (Wildman–Crippen LogP) is 2.59. The fraction of sp³-hybridized carbons (Fsp3) is 0.200. The Morgan fingerprint density at radius 3 is 2.12 bits per heavy atom. The maximum atomic E-state index is 13.6. The molecular weight excluding hydrogens is 434 g/mol. The van der Waals surface area contributed by atoms with Crippen LogP contribution in [0, 0.1) is 5.82 Å². The maximum absolute atomic E-state index is 13.6. The molecule has 2 aromatic carbocycles. The molecule has 3 aromatic rings. The summed E-state index contributed by atoms with van der Waals surface area (Å²) in [4.78, 5) is 24.3. The van der Waals surface area contributed by atoms with Crippen LogP contribution in [0.1, 0.15) is 26.5 Å². The fourth-order valence-corrected chi connectivity index (χ4v) is 2.73. The van der Waals surface area contributed by atoms with Crippen LogP contribution in [0.3, 0.4) is 0 Å². The summed E-state index contributed by atoms with van der Waals surface area (Å²) < 4.78 is 59.2. The van der Waals surface area contributed by atoms with Gasteiger partial charge in [0.2, 0.25) is 0 Å². The zero-order chi connectivity index (χ0) is 23.3. The first-order chi connectivity index (χ1) is 15.2. The molecule has 0 aliphatic rings. The molecule has 0 saturated heterocycles. The minimum atomic E-state index is -4.95. The molecule has 8 nitrogen and oxygen atoms in total. The monoisotopic (exact) mass is 451 g/mol. The highest BCUT2D eigenvalue weighted by molar-refractivity contribution is 5.95. The van der Waals surface area contributed by atoms with Crippen molar-refractivity contribution in [3.63, 3.8) is 0 Å². The second-order valence-electron chi connectivity index (χ2n) is 6.41. The van der Waals surface area contributed by atoms with Crippen LogP contribution >= 0.6 is 0 Å². The van der Waals surface area contributed by atoms with Crippen molar-refractivity contribution in [2.75, 3.05) is 20.2 Å². The van der Waals surface area contributed by atoms with Gasteiger partial charge in [-0.1, -0.05) is 5.21 Å². The summed E-state index contributed by atoms with van der Waals surface area (Å²) in [5, 5.41) is 11.5. The van der Waals surface area contributed by atoms with Crippen molar-refractivity contribution in [3.05, 3.63) is 71.3 Å². The third-order valence-corrected chi connectivity index (χ3v) is 4.27. The van der Waals surface area contributed by atoms with Crippen LogP contribution in [-0.2, 0) is 6.18 Å². The summed E-state index contributed by atoms with van der Waals surface area (Å²) in [6.07, 6.45) is -4.95. The van der Waals surface area contributed by atoms with E-state index in [2.05, 4.69) is 20.9 Å². The summed E-state index contributed by atoms with van der Waals surface area (Å²) >= 11 is 0. The van der Waals surface area contributed by atoms with Gasteiger partial charge in [0.1, 0.15) is 11.6 Å². The van der Waals surface area contributed by atoms with Gasteiger partial charge in [-0.15, -0.1) is 5.10 Å². The number of nitrogens with one attached hydrogen (secondary N) is 2. The van der Waals surface area contributed by atoms with E-state index in [1.165, 1.54) is 19.2 Å². The quantitative estimate of drug-likeness (QED) is 0.425. The van der Waals surface area contributed by atoms with E-state index in [0.29, 0.717) is 16.0 Å². The van der Waals surface area contributed by atoms with E-state index < -0.39 is 35.2 Å². The summed E-state index contributed by atoms with van der Waals surface area (Å²) in [5.41, 5.74) is -2.11. The highest BCUT2D eigenvalue weighted by Crippen LogP contribution is 2.32. The van der Waals surface area contributed by atoms with Gasteiger partial charge in [0.05, 0.1) is 12.8 Å². The lowest BCUT2D eigenvalue weighted by molar-refractivity contribution is -0.143. The topological polar surface area (TPSA) is 98.1 Å². The number of hydrogen-bond donors (Lipinski definition) is 2. The minimum Gasteiger partial charge on any atom is -0.497 e. The number of carbonyl (C=O) groups excluding carboxylic acids is 2. The Bertz CT molecular complexity index is 1100.